The standard InChI is InChI=1S/C20H29N7O2.HI/c1-3-18-25-24-15-26(18)13-11-23-20(21-4-2)22-10-7-12-27-16-8-5-6-9-17(16)29-14-19(27)28;/h5-6,8-9,15H,3-4,7,10-14H2,1-2H3,(H2,21,22,23);1H. The third-order valence-corrected chi connectivity index (χ3v) is 4.62. The topological polar surface area (TPSA) is 96.7 Å². The number of benzene rings is 1. The normalized spacial score (nSPS) is 13.3. The summed E-state index contributed by atoms with van der Waals surface area (Å²) in [5, 5.41) is 14.6. The van der Waals surface area contributed by atoms with Crippen molar-refractivity contribution in [3.63, 3.8) is 0 Å². The number of amides is 1. The SMILES string of the molecule is CCNC(=NCCCN1C(=O)COc2ccccc21)NCCn1cnnc1CC.I. The highest BCUT2D eigenvalue weighted by Gasteiger charge is 2.24. The second-order valence-electron chi connectivity index (χ2n) is 6.64. The zero-order valence-electron chi connectivity index (χ0n) is 17.5. The highest BCUT2D eigenvalue weighted by molar-refractivity contribution is 14.0. The van der Waals surface area contributed by atoms with Crippen LogP contribution >= 0.6 is 24.0 Å². The molecule has 2 heterocycles. The van der Waals surface area contributed by atoms with Crippen LogP contribution in [0.25, 0.3) is 0 Å². The summed E-state index contributed by atoms with van der Waals surface area (Å²) in [6, 6.07) is 7.63. The number of guanidine groups is 1. The molecule has 0 atom stereocenters. The number of aryl methyl sites for hydroxylation is 1. The predicted octanol–water partition coefficient (Wildman–Crippen LogP) is 1.83. The molecule has 3 rings (SSSR count). The Hall–Kier alpha value is -2.37. The van der Waals surface area contributed by atoms with E-state index in [-0.39, 0.29) is 36.5 Å². The van der Waals surface area contributed by atoms with Gasteiger partial charge in [0.2, 0.25) is 0 Å². The van der Waals surface area contributed by atoms with Gasteiger partial charge in [-0.2, -0.15) is 0 Å². The summed E-state index contributed by atoms with van der Waals surface area (Å²) in [6.07, 6.45) is 3.38. The molecule has 0 saturated carbocycles. The van der Waals surface area contributed by atoms with Gasteiger partial charge in [0, 0.05) is 39.1 Å². The Morgan fingerprint density at radius 3 is 2.87 bits per heavy atom. The first-order chi connectivity index (χ1) is 14.2. The van der Waals surface area contributed by atoms with Crippen molar-refractivity contribution in [1.82, 2.24) is 25.4 Å². The van der Waals surface area contributed by atoms with Crippen LogP contribution in [0.15, 0.2) is 35.6 Å². The van der Waals surface area contributed by atoms with Crippen LogP contribution in [0, 0.1) is 0 Å². The number of anilines is 1. The molecule has 30 heavy (non-hydrogen) atoms. The Morgan fingerprint density at radius 2 is 2.07 bits per heavy atom. The van der Waals surface area contributed by atoms with E-state index in [0.29, 0.717) is 13.1 Å². The number of rotatable bonds is 9. The van der Waals surface area contributed by atoms with E-state index in [4.69, 9.17) is 4.74 Å². The first-order valence-electron chi connectivity index (χ1n) is 10.1. The number of hydrogen-bond acceptors (Lipinski definition) is 5. The number of para-hydroxylation sites is 2. The van der Waals surface area contributed by atoms with Gasteiger partial charge in [0.1, 0.15) is 17.9 Å². The van der Waals surface area contributed by atoms with Gasteiger partial charge in [0.15, 0.2) is 12.6 Å². The van der Waals surface area contributed by atoms with Crippen molar-refractivity contribution in [1.29, 1.82) is 0 Å². The number of nitrogens with zero attached hydrogens (tertiary/aromatic N) is 5. The molecule has 1 aliphatic heterocycles. The number of halogens is 1. The van der Waals surface area contributed by atoms with Gasteiger partial charge in [-0.15, -0.1) is 34.2 Å². The lowest BCUT2D eigenvalue weighted by atomic mass is 10.2. The Labute approximate surface area is 194 Å². The zero-order valence-corrected chi connectivity index (χ0v) is 19.8. The fourth-order valence-electron chi connectivity index (χ4n) is 3.19. The molecule has 10 heteroatoms. The van der Waals surface area contributed by atoms with Gasteiger partial charge in [0.05, 0.1) is 5.69 Å². The van der Waals surface area contributed by atoms with Crippen LogP contribution in [0.4, 0.5) is 5.69 Å². The fourth-order valence-corrected chi connectivity index (χ4v) is 3.19. The van der Waals surface area contributed by atoms with Gasteiger partial charge < -0.3 is 24.8 Å². The molecule has 2 aromatic rings. The average molecular weight is 527 g/mol. The molecular formula is C20H30IN7O2. The fraction of sp³-hybridized carbons (Fsp3) is 0.500. The molecule has 0 spiro atoms. The summed E-state index contributed by atoms with van der Waals surface area (Å²) in [5.41, 5.74) is 0.832. The van der Waals surface area contributed by atoms with Crippen LogP contribution < -0.4 is 20.3 Å². The third-order valence-electron chi connectivity index (χ3n) is 4.62. The van der Waals surface area contributed by atoms with E-state index in [0.717, 1.165) is 55.7 Å². The van der Waals surface area contributed by atoms with Crippen LogP contribution in [0.5, 0.6) is 5.75 Å². The first kappa shape index (κ1) is 23.9. The van der Waals surface area contributed by atoms with Crippen molar-refractivity contribution in [2.24, 2.45) is 4.99 Å². The molecule has 0 radical (unpaired) electrons. The summed E-state index contributed by atoms with van der Waals surface area (Å²) in [6.45, 7) is 7.72. The summed E-state index contributed by atoms with van der Waals surface area (Å²) in [5.74, 6) is 2.49. The summed E-state index contributed by atoms with van der Waals surface area (Å²) >= 11 is 0. The number of aliphatic imine (C=N–C) groups is 1. The molecule has 1 amide bonds. The Bertz CT molecular complexity index is 840. The average Bonchev–Trinajstić information content (AvgIpc) is 3.20. The molecule has 1 aromatic heterocycles. The van der Waals surface area contributed by atoms with E-state index < -0.39 is 0 Å². The van der Waals surface area contributed by atoms with E-state index in [2.05, 4.69) is 32.7 Å². The first-order valence-corrected chi connectivity index (χ1v) is 10.1. The Morgan fingerprint density at radius 1 is 1.23 bits per heavy atom. The lowest BCUT2D eigenvalue weighted by Gasteiger charge is -2.29. The molecule has 0 saturated heterocycles. The van der Waals surface area contributed by atoms with Gasteiger partial charge in [-0.05, 0) is 25.5 Å². The van der Waals surface area contributed by atoms with Crippen molar-refractivity contribution < 1.29 is 9.53 Å². The van der Waals surface area contributed by atoms with Crippen molar-refractivity contribution in [2.75, 3.05) is 37.7 Å². The van der Waals surface area contributed by atoms with Crippen molar-refractivity contribution in [3.05, 3.63) is 36.4 Å². The monoisotopic (exact) mass is 527 g/mol. The highest BCUT2D eigenvalue weighted by Crippen LogP contribution is 2.31. The lowest BCUT2D eigenvalue weighted by molar-refractivity contribution is -0.121. The molecule has 0 bridgehead atoms. The predicted molar refractivity (Wildman–Crippen MR) is 128 cm³/mol. The molecule has 9 nitrogen and oxygen atoms in total. The maximum absolute atomic E-state index is 12.2. The van der Waals surface area contributed by atoms with E-state index in [9.17, 15) is 4.79 Å². The second kappa shape index (κ2) is 12.4. The minimum Gasteiger partial charge on any atom is -0.482 e. The van der Waals surface area contributed by atoms with Gasteiger partial charge >= 0.3 is 0 Å². The number of aromatic nitrogens is 3. The molecule has 164 valence electrons. The van der Waals surface area contributed by atoms with Gasteiger partial charge in [-0.25, -0.2) is 0 Å². The minimum atomic E-state index is -0.0154. The van der Waals surface area contributed by atoms with Crippen LogP contribution in [0.1, 0.15) is 26.1 Å². The quantitative estimate of drug-likeness (QED) is 0.224. The number of carbonyl (C=O) groups is 1. The lowest BCUT2D eigenvalue weighted by Crippen LogP contribution is -2.40. The summed E-state index contributed by atoms with van der Waals surface area (Å²) in [4.78, 5) is 18.6. The maximum Gasteiger partial charge on any atom is 0.265 e. The van der Waals surface area contributed by atoms with Crippen LogP contribution in [-0.2, 0) is 17.8 Å². The van der Waals surface area contributed by atoms with E-state index in [1.165, 1.54) is 0 Å². The van der Waals surface area contributed by atoms with Crippen LogP contribution in [0.3, 0.4) is 0 Å². The number of ether oxygens (including phenoxy) is 1. The molecule has 1 aliphatic rings. The number of fused-ring (bicyclic) bond motifs is 1. The second-order valence-corrected chi connectivity index (χ2v) is 6.64. The van der Waals surface area contributed by atoms with Crippen LogP contribution in [0.2, 0.25) is 0 Å². The van der Waals surface area contributed by atoms with E-state index >= 15 is 0 Å². The van der Waals surface area contributed by atoms with Crippen molar-refractivity contribution in [2.45, 2.75) is 33.2 Å². The van der Waals surface area contributed by atoms with Crippen LogP contribution in [-0.4, -0.2) is 59.4 Å². The summed E-state index contributed by atoms with van der Waals surface area (Å²) < 4.78 is 7.52. The maximum atomic E-state index is 12.2. The van der Waals surface area contributed by atoms with Crippen molar-refractivity contribution >= 4 is 41.5 Å². The molecular weight excluding hydrogens is 497 g/mol. The van der Waals surface area contributed by atoms with E-state index in [1.807, 2.05) is 35.8 Å². The molecule has 0 unspecified atom stereocenters. The van der Waals surface area contributed by atoms with Gasteiger partial charge in [-0.3, -0.25) is 9.79 Å². The number of nitrogens with one attached hydrogen (secondary N) is 2. The Kier molecular flexibility index (Phi) is 9.84. The number of hydrogen-bond donors (Lipinski definition) is 2. The van der Waals surface area contributed by atoms with E-state index in [1.54, 1.807) is 11.2 Å². The molecule has 2 N–H and O–H groups in total. The molecule has 1 aromatic carbocycles. The largest absolute Gasteiger partial charge is 0.482 e. The third kappa shape index (κ3) is 6.31. The highest BCUT2D eigenvalue weighted by atomic mass is 127. The molecule has 0 aliphatic carbocycles. The summed E-state index contributed by atoms with van der Waals surface area (Å²) in [7, 11) is 0. The molecule has 0 fully saturated rings. The Balaban J connectivity index is 0.00000320. The zero-order chi connectivity index (χ0) is 20.5. The minimum absolute atomic E-state index is 0. The number of carbonyl (C=O) groups excluding carboxylic acids is 1. The van der Waals surface area contributed by atoms with Crippen molar-refractivity contribution in [3.8, 4) is 5.75 Å². The van der Waals surface area contributed by atoms with Gasteiger partial charge in [-0.1, -0.05) is 19.1 Å². The smallest absolute Gasteiger partial charge is 0.265 e. The van der Waals surface area contributed by atoms with Gasteiger partial charge in [0.25, 0.3) is 5.91 Å².